The second-order valence-electron chi connectivity index (χ2n) is 6.94. The molecule has 178 valence electrons. The predicted octanol–water partition coefficient (Wildman–Crippen LogP) is 5.99. The second kappa shape index (κ2) is 11.2. The first-order chi connectivity index (χ1) is 16.1. The Kier molecular flexibility index (Phi) is 8.59. The Balaban J connectivity index is 1.82. The summed E-state index contributed by atoms with van der Waals surface area (Å²) in [5.74, 6) is -0.344. The number of hydrazone groups is 1. The van der Waals surface area contributed by atoms with Gasteiger partial charge in [0.1, 0.15) is 4.90 Å². The van der Waals surface area contributed by atoms with Crippen LogP contribution in [0.3, 0.4) is 0 Å². The maximum atomic E-state index is 12.7. The van der Waals surface area contributed by atoms with Crippen LogP contribution >= 0.6 is 39.1 Å². The summed E-state index contributed by atoms with van der Waals surface area (Å²) in [6.45, 7) is 3.87. The van der Waals surface area contributed by atoms with E-state index in [2.05, 4.69) is 26.5 Å². The predicted molar refractivity (Wildman–Crippen MR) is 136 cm³/mol. The molecule has 3 rings (SSSR count). The summed E-state index contributed by atoms with van der Waals surface area (Å²) in [7, 11) is -4.09. The molecule has 1 N–H and O–H groups in total. The first-order valence-electron chi connectivity index (χ1n) is 9.86. The van der Waals surface area contributed by atoms with E-state index in [9.17, 15) is 13.2 Å². The molecule has 0 saturated heterocycles. The lowest BCUT2D eigenvalue weighted by molar-refractivity contribution is 0.0955. The van der Waals surface area contributed by atoms with Crippen molar-refractivity contribution < 1.29 is 22.1 Å². The van der Waals surface area contributed by atoms with E-state index in [-0.39, 0.29) is 33.6 Å². The number of nitrogens with zero attached hydrogens (tertiary/aromatic N) is 1. The SMILES string of the molecule is CCOc1cc(/C=N\NC(=O)c2ccc(Cl)cc2Cl)cc(Br)c1OS(=O)(=O)c1ccc(C)cc1. The van der Waals surface area contributed by atoms with Gasteiger partial charge in [0.2, 0.25) is 0 Å². The van der Waals surface area contributed by atoms with Crippen molar-refractivity contribution in [2.24, 2.45) is 5.10 Å². The van der Waals surface area contributed by atoms with Crippen molar-refractivity contribution in [3.8, 4) is 11.5 Å². The zero-order chi connectivity index (χ0) is 24.9. The number of hydrogen-bond donors (Lipinski definition) is 1. The summed E-state index contributed by atoms with van der Waals surface area (Å²) in [6, 6.07) is 13.9. The molecule has 3 aromatic rings. The van der Waals surface area contributed by atoms with Crippen molar-refractivity contribution in [1.82, 2.24) is 5.43 Å². The number of carbonyl (C=O) groups is 1. The van der Waals surface area contributed by atoms with Crippen LogP contribution in [-0.2, 0) is 10.1 Å². The van der Waals surface area contributed by atoms with E-state index < -0.39 is 16.0 Å². The van der Waals surface area contributed by atoms with Crippen molar-refractivity contribution in [2.45, 2.75) is 18.7 Å². The van der Waals surface area contributed by atoms with Crippen molar-refractivity contribution in [3.05, 3.63) is 85.8 Å². The van der Waals surface area contributed by atoms with Crippen LogP contribution in [0, 0.1) is 6.92 Å². The zero-order valence-corrected chi connectivity index (χ0v) is 21.9. The van der Waals surface area contributed by atoms with Gasteiger partial charge in [0, 0.05) is 5.02 Å². The number of hydrogen-bond acceptors (Lipinski definition) is 6. The molecule has 3 aromatic carbocycles. The number of rotatable bonds is 8. The van der Waals surface area contributed by atoms with E-state index in [0.29, 0.717) is 15.1 Å². The quantitative estimate of drug-likeness (QED) is 0.199. The highest BCUT2D eigenvalue weighted by molar-refractivity contribution is 9.10. The molecular weight excluding hydrogens is 567 g/mol. The van der Waals surface area contributed by atoms with Gasteiger partial charge in [0.25, 0.3) is 5.91 Å². The molecule has 0 aromatic heterocycles. The van der Waals surface area contributed by atoms with Crippen LogP contribution in [0.2, 0.25) is 10.0 Å². The van der Waals surface area contributed by atoms with E-state index in [4.69, 9.17) is 32.1 Å². The average molecular weight is 586 g/mol. The molecule has 34 heavy (non-hydrogen) atoms. The van der Waals surface area contributed by atoms with Gasteiger partial charge in [-0.3, -0.25) is 4.79 Å². The fraction of sp³-hybridized carbons (Fsp3) is 0.130. The number of aryl methyl sites for hydroxylation is 1. The average Bonchev–Trinajstić information content (AvgIpc) is 2.76. The fourth-order valence-corrected chi connectivity index (χ4v) is 4.87. The van der Waals surface area contributed by atoms with Gasteiger partial charge in [0.15, 0.2) is 11.5 Å². The van der Waals surface area contributed by atoms with Crippen LogP contribution in [-0.4, -0.2) is 27.1 Å². The maximum Gasteiger partial charge on any atom is 0.339 e. The van der Waals surface area contributed by atoms with Gasteiger partial charge in [-0.15, -0.1) is 0 Å². The second-order valence-corrected chi connectivity index (χ2v) is 10.2. The van der Waals surface area contributed by atoms with E-state index in [1.165, 1.54) is 30.5 Å². The third-order valence-corrected chi connectivity index (χ3v) is 6.76. The van der Waals surface area contributed by atoms with Crippen LogP contribution in [0.5, 0.6) is 11.5 Å². The third-order valence-electron chi connectivity index (χ3n) is 4.39. The lowest BCUT2D eigenvalue weighted by atomic mass is 10.2. The van der Waals surface area contributed by atoms with Gasteiger partial charge in [-0.05, 0) is 77.8 Å². The number of halogens is 3. The standard InChI is InChI=1S/C23H19BrCl2N2O5S/c1-3-32-21-11-15(13-27-28-23(29)18-9-6-16(25)12-20(18)26)10-19(24)22(21)33-34(30,31)17-7-4-14(2)5-8-17/h4-13H,3H2,1-2H3,(H,28,29)/b27-13-. The normalized spacial score (nSPS) is 11.4. The molecule has 0 aliphatic heterocycles. The Labute approximate surface area is 215 Å². The maximum absolute atomic E-state index is 12.7. The van der Waals surface area contributed by atoms with Gasteiger partial charge >= 0.3 is 10.1 Å². The lowest BCUT2D eigenvalue weighted by Crippen LogP contribution is -2.18. The molecule has 0 aliphatic carbocycles. The van der Waals surface area contributed by atoms with Crippen molar-refractivity contribution in [2.75, 3.05) is 6.61 Å². The fourth-order valence-electron chi connectivity index (χ4n) is 2.77. The van der Waals surface area contributed by atoms with Crippen molar-refractivity contribution in [1.29, 1.82) is 0 Å². The number of ether oxygens (including phenoxy) is 1. The number of benzene rings is 3. The molecule has 0 aliphatic rings. The van der Waals surface area contributed by atoms with Gasteiger partial charge in [-0.2, -0.15) is 13.5 Å². The largest absolute Gasteiger partial charge is 0.490 e. The minimum atomic E-state index is -4.09. The molecule has 0 saturated carbocycles. The van der Waals surface area contributed by atoms with Gasteiger partial charge < -0.3 is 8.92 Å². The Morgan fingerprint density at radius 3 is 2.47 bits per heavy atom. The molecule has 0 radical (unpaired) electrons. The Bertz CT molecular complexity index is 1350. The number of nitrogens with one attached hydrogen (secondary N) is 1. The highest BCUT2D eigenvalue weighted by Crippen LogP contribution is 2.38. The molecule has 0 fully saturated rings. The summed E-state index contributed by atoms with van der Waals surface area (Å²) in [5.41, 5.74) is 4.02. The molecule has 7 nitrogen and oxygen atoms in total. The highest BCUT2D eigenvalue weighted by Gasteiger charge is 2.22. The minimum absolute atomic E-state index is 0.00319. The molecule has 0 atom stereocenters. The van der Waals surface area contributed by atoms with Crippen LogP contribution in [0.4, 0.5) is 0 Å². The summed E-state index contributed by atoms with van der Waals surface area (Å²) < 4.78 is 36.8. The van der Waals surface area contributed by atoms with Crippen molar-refractivity contribution >= 4 is 61.4 Å². The summed E-state index contributed by atoms with van der Waals surface area (Å²) in [5, 5.41) is 4.53. The molecule has 0 spiro atoms. The van der Waals surface area contributed by atoms with Gasteiger partial charge in [0.05, 0.1) is 27.9 Å². The number of carbonyl (C=O) groups excluding carboxylic acids is 1. The minimum Gasteiger partial charge on any atom is -0.490 e. The van der Waals surface area contributed by atoms with E-state index in [1.54, 1.807) is 37.3 Å². The zero-order valence-electron chi connectivity index (χ0n) is 18.0. The molecule has 0 bridgehead atoms. The van der Waals surface area contributed by atoms with Crippen LogP contribution in [0.15, 0.2) is 69.1 Å². The molecular formula is C23H19BrCl2N2O5S. The molecule has 11 heteroatoms. The summed E-state index contributed by atoms with van der Waals surface area (Å²) in [4.78, 5) is 12.3. The van der Waals surface area contributed by atoms with E-state index in [1.807, 2.05) is 6.92 Å². The van der Waals surface area contributed by atoms with Crippen LogP contribution in [0.1, 0.15) is 28.4 Å². The molecule has 0 heterocycles. The Morgan fingerprint density at radius 1 is 1.12 bits per heavy atom. The van der Waals surface area contributed by atoms with Crippen LogP contribution < -0.4 is 14.3 Å². The van der Waals surface area contributed by atoms with Gasteiger partial charge in [-0.1, -0.05) is 40.9 Å². The van der Waals surface area contributed by atoms with Crippen molar-refractivity contribution in [3.63, 3.8) is 0 Å². The topological polar surface area (TPSA) is 94.1 Å². The highest BCUT2D eigenvalue weighted by atomic mass is 79.9. The smallest absolute Gasteiger partial charge is 0.339 e. The summed E-state index contributed by atoms with van der Waals surface area (Å²) >= 11 is 15.2. The van der Waals surface area contributed by atoms with Gasteiger partial charge in [-0.25, -0.2) is 5.43 Å². The number of amides is 1. The van der Waals surface area contributed by atoms with E-state index in [0.717, 1.165) is 5.56 Å². The van der Waals surface area contributed by atoms with Crippen LogP contribution in [0.25, 0.3) is 0 Å². The van der Waals surface area contributed by atoms with E-state index >= 15 is 0 Å². The Hall–Kier alpha value is -2.59. The first kappa shape index (κ1) is 26.0. The third kappa shape index (κ3) is 6.50. The molecule has 1 amide bonds. The summed E-state index contributed by atoms with van der Waals surface area (Å²) in [6.07, 6.45) is 1.37. The lowest BCUT2D eigenvalue weighted by Gasteiger charge is -2.14. The Morgan fingerprint density at radius 2 is 1.82 bits per heavy atom. The first-order valence-corrected chi connectivity index (χ1v) is 12.8. The monoisotopic (exact) mass is 584 g/mol. The molecule has 0 unspecified atom stereocenters.